The Morgan fingerprint density at radius 2 is 1.69 bits per heavy atom. The van der Waals surface area contributed by atoms with Crippen LogP contribution in [0, 0.1) is 6.92 Å². The molecule has 6 heteroatoms. The molecule has 1 aliphatic heterocycles. The standard InChI is InChI=1S/C26H30N2O2S2/c1-20-6-12-26(13-7-20)32(29,30)27-24-14-16-28(17-15-24)19-21-4-3-5-23(18-21)22-8-10-25(31-2)11-9-22/h3-13,18,24H,14-17,19H2,1-2H3,(H-,27,29,30). The van der Waals surface area contributed by atoms with Crippen LogP contribution in [0.2, 0.25) is 0 Å². The van der Waals surface area contributed by atoms with E-state index in [1.165, 1.54) is 21.6 Å². The van der Waals surface area contributed by atoms with Gasteiger partial charge >= 0.3 is 0 Å². The first-order valence-electron chi connectivity index (χ1n) is 11.0. The first-order valence-corrected chi connectivity index (χ1v) is 13.7. The molecule has 1 aliphatic rings. The Morgan fingerprint density at radius 1 is 1.00 bits per heavy atom. The fourth-order valence-electron chi connectivity index (χ4n) is 4.10. The minimum Gasteiger partial charge on any atom is -0.593 e. The molecule has 1 N–H and O–H groups in total. The first-order chi connectivity index (χ1) is 15.4. The van der Waals surface area contributed by atoms with Crippen LogP contribution >= 0.6 is 11.8 Å². The molecule has 1 atom stereocenters. The second-order valence-electron chi connectivity index (χ2n) is 8.41. The molecule has 0 amide bonds. The fourth-order valence-corrected chi connectivity index (χ4v) is 5.82. The highest BCUT2D eigenvalue weighted by molar-refractivity contribution is 7.98. The number of rotatable bonds is 7. The molecule has 0 spiro atoms. The van der Waals surface area contributed by atoms with Crippen molar-refractivity contribution in [3.63, 3.8) is 0 Å². The summed E-state index contributed by atoms with van der Waals surface area (Å²) in [5.74, 6) is 0. The van der Waals surface area contributed by atoms with Crippen molar-refractivity contribution in [3.05, 3.63) is 83.9 Å². The number of thioether (sulfide) groups is 1. The van der Waals surface area contributed by atoms with E-state index in [9.17, 15) is 8.76 Å². The Kier molecular flexibility index (Phi) is 7.48. The van der Waals surface area contributed by atoms with Gasteiger partial charge in [-0.3, -0.25) is 4.90 Å². The first kappa shape index (κ1) is 23.2. The summed E-state index contributed by atoms with van der Waals surface area (Å²) in [6.45, 7) is 4.60. The Hall–Kier alpha value is -1.96. The quantitative estimate of drug-likeness (QED) is 0.367. The summed E-state index contributed by atoms with van der Waals surface area (Å²) in [6.07, 6.45) is 3.73. The van der Waals surface area contributed by atoms with E-state index < -0.39 is 10.4 Å². The highest BCUT2D eigenvalue weighted by Crippen LogP contribution is 2.25. The van der Waals surface area contributed by atoms with Crippen molar-refractivity contribution in [2.75, 3.05) is 19.3 Å². The molecule has 0 saturated carbocycles. The van der Waals surface area contributed by atoms with Gasteiger partial charge in [-0.05, 0) is 73.0 Å². The monoisotopic (exact) mass is 466 g/mol. The maximum atomic E-state index is 12.7. The van der Waals surface area contributed by atoms with E-state index in [1.807, 2.05) is 19.1 Å². The third-order valence-corrected chi connectivity index (χ3v) is 8.28. The van der Waals surface area contributed by atoms with E-state index in [2.05, 4.69) is 64.4 Å². The molecular weight excluding hydrogens is 436 g/mol. The summed E-state index contributed by atoms with van der Waals surface area (Å²) in [5.41, 5.74) is 4.80. The zero-order valence-electron chi connectivity index (χ0n) is 18.6. The van der Waals surface area contributed by atoms with Crippen molar-refractivity contribution < 1.29 is 8.76 Å². The third-order valence-electron chi connectivity index (χ3n) is 6.00. The van der Waals surface area contributed by atoms with Crippen LogP contribution in [0.1, 0.15) is 24.0 Å². The molecule has 4 rings (SSSR count). The highest BCUT2D eigenvalue weighted by atomic mass is 32.3. The van der Waals surface area contributed by atoms with Crippen LogP contribution < -0.4 is 4.72 Å². The van der Waals surface area contributed by atoms with Gasteiger partial charge < -0.3 is 4.55 Å². The third kappa shape index (κ3) is 5.88. The van der Waals surface area contributed by atoms with Gasteiger partial charge in [0.05, 0.1) is 6.04 Å². The van der Waals surface area contributed by atoms with E-state index in [1.54, 1.807) is 23.9 Å². The summed E-state index contributed by atoms with van der Waals surface area (Å²) in [5, 5.41) is 0. The zero-order chi connectivity index (χ0) is 22.6. The van der Waals surface area contributed by atoms with Crippen LogP contribution in [0.15, 0.2) is 82.6 Å². The summed E-state index contributed by atoms with van der Waals surface area (Å²) in [7, 11) is -3.46. The number of benzene rings is 3. The SMILES string of the molecule is CSc1ccc(-c2cccc(CN3CCC(N[S+](=O)([O-])c4ccc(C)cc4)CC3)c2)cc1. The van der Waals surface area contributed by atoms with E-state index in [4.69, 9.17) is 0 Å². The largest absolute Gasteiger partial charge is 0.593 e. The minimum absolute atomic E-state index is 0.0150. The van der Waals surface area contributed by atoms with Crippen molar-refractivity contribution in [2.45, 2.75) is 42.1 Å². The van der Waals surface area contributed by atoms with Gasteiger partial charge in [-0.1, -0.05) is 52.2 Å². The predicted octanol–water partition coefficient (Wildman–Crippen LogP) is 5.54. The molecule has 1 saturated heterocycles. The van der Waals surface area contributed by atoms with Gasteiger partial charge in [-0.15, -0.1) is 16.5 Å². The van der Waals surface area contributed by atoms with Crippen molar-refractivity contribution in [1.29, 1.82) is 0 Å². The molecule has 1 unspecified atom stereocenters. The van der Waals surface area contributed by atoms with Crippen LogP contribution in [0.25, 0.3) is 11.1 Å². The smallest absolute Gasteiger partial charge is 0.175 e. The highest BCUT2D eigenvalue weighted by Gasteiger charge is 2.28. The minimum atomic E-state index is -3.46. The normalized spacial score (nSPS) is 17.2. The molecule has 0 aromatic heterocycles. The maximum Gasteiger partial charge on any atom is 0.175 e. The Morgan fingerprint density at radius 3 is 2.34 bits per heavy atom. The number of sulfonamides is 1. The topological polar surface area (TPSA) is 55.4 Å². The van der Waals surface area contributed by atoms with Crippen molar-refractivity contribution >= 4 is 22.2 Å². The molecule has 0 aliphatic carbocycles. The van der Waals surface area contributed by atoms with Gasteiger partial charge in [0.15, 0.2) is 15.3 Å². The number of nitrogens with zero attached hydrogens (tertiary/aromatic N) is 1. The molecule has 168 valence electrons. The average Bonchev–Trinajstić information content (AvgIpc) is 2.81. The van der Waals surface area contributed by atoms with Crippen LogP contribution in [0.4, 0.5) is 0 Å². The second-order valence-corrected chi connectivity index (χ2v) is 11.0. The Bertz CT molecular complexity index is 1080. The van der Waals surface area contributed by atoms with E-state index >= 15 is 0 Å². The van der Waals surface area contributed by atoms with E-state index in [-0.39, 0.29) is 6.04 Å². The zero-order valence-corrected chi connectivity index (χ0v) is 20.3. The fraction of sp³-hybridized carbons (Fsp3) is 0.308. The van der Waals surface area contributed by atoms with Gasteiger partial charge in [0.25, 0.3) is 0 Å². The van der Waals surface area contributed by atoms with Gasteiger partial charge in [0.2, 0.25) is 0 Å². The summed E-state index contributed by atoms with van der Waals surface area (Å²) in [4.78, 5) is 4.02. The molecule has 4 nitrogen and oxygen atoms in total. The number of hydrogen-bond acceptors (Lipinski definition) is 4. The number of piperidine rings is 1. The van der Waals surface area contributed by atoms with Crippen molar-refractivity contribution in [3.8, 4) is 11.1 Å². The lowest BCUT2D eigenvalue weighted by atomic mass is 10.0. The van der Waals surface area contributed by atoms with Gasteiger partial charge in [-0.2, -0.15) is 0 Å². The van der Waals surface area contributed by atoms with Crippen LogP contribution in [-0.2, 0) is 21.2 Å². The van der Waals surface area contributed by atoms with Crippen molar-refractivity contribution in [2.24, 2.45) is 0 Å². The molecule has 32 heavy (non-hydrogen) atoms. The van der Waals surface area contributed by atoms with E-state index in [0.717, 1.165) is 38.0 Å². The Balaban J connectivity index is 1.33. The molecule has 1 fully saturated rings. The molecule has 0 radical (unpaired) electrons. The predicted molar refractivity (Wildman–Crippen MR) is 133 cm³/mol. The van der Waals surface area contributed by atoms with E-state index in [0.29, 0.717) is 4.90 Å². The van der Waals surface area contributed by atoms with Crippen molar-refractivity contribution in [1.82, 2.24) is 9.62 Å². The lowest BCUT2D eigenvalue weighted by Crippen LogP contribution is -2.46. The summed E-state index contributed by atoms with van der Waals surface area (Å²) < 4.78 is 28.2. The summed E-state index contributed by atoms with van der Waals surface area (Å²) >= 11 is 1.75. The summed E-state index contributed by atoms with van der Waals surface area (Å²) in [6, 6.07) is 24.4. The second kappa shape index (κ2) is 10.3. The molecule has 3 aromatic rings. The molecule has 0 bridgehead atoms. The van der Waals surface area contributed by atoms with Crippen LogP contribution in [-0.4, -0.2) is 34.8 Å². The lowest BCUT2D eigenvalue weighted by Gasteiger charge is -2.32. The Labute approximate surface area is 196 Å². The van der Waals surface area contributed by atoms with Crippen LogP contribution in [0.5, 0.6) is 0 Å². The average molecular weight is 467 g/mol. The lowest BCUT2D eigenvalue weighted by molar-refractivity contribution is 0.198. The van der Waals surface area contributed by atoms with Crippen LogP contribution in [0.3, 0.4) is 0 Å². The van der Waals surface area contributed by atoms with Gasteiger partial charge in [0.1, 0.15) is 0 Å². The number of nitrogens with one attached hydrogen (secondary N) is 1. The van der Waals surface area contributed by atoms with Gasteiger partial charge in [-0.25, -0.2) is 0 Å². The number of hydrogen-bond donors (Lipinski definition) is 1. The molecule has 3 aromatic carbocycles. The number of aryl methyl sites for hydroxylation is 1. The number of likely N-dealkylation sites (tertiary alicyclic amines) is 1. The molecule has 1 heterocycles. The molecular formula is C26H30N2O2S2. The van der Waals surface area contributed by atoms with Gasteiger partial charge in [0, 0.05) is 24.5 Å². The maximum absolute atomic E-state index is 12.7.